The van der Waals surface area contributed by atoms with E-state index in [2.05, 4.69) is 22.2 Å². The van der Waals surface area contributed by atoms with E-state index in [0.29, 0.717) is 12.8 Å². The minimum atomic E-state index is -4.22. The fraction of sp³-hybridized carbons (Fsp3) is 1.00. The smallest absolute Gasteiger partial charge is 0.264 e. The Hall–Kier alpha value is 0.0900. The molecule has 2 N–H and O–H groups in total. The molecule has 27 heavy (non-hydrogen) atoms. The third-order valence-corrected chi connectivity index (χ3v) is 4.39. The first-order chi connectivity index (χ1) is 12.1. The summed E-state index contributed by atoms with van der Waals surface area (Å²) in [4.78, 5) is 0. The van der Waals surface area contributed by atoms with Crippen LogP contribution < -0.4 is 0 Å². The van der Waals surface area contributed by atoms with Gasteiger partial charge in [0, 0.05) is 0 Å². The van der Waals surface area contributed by atoms with E-state index in [1.807, 2.05) is 0 Å². The van der Waals surface area contributed by atoms with Gasteiger partial charge in [0.2, 0.25) is 0 Å². The second-order valence-electron chi connectivity index (χ2n) is 6.03. The fourth-order valence-corrected chi connectivity index (χ4v) is 2.75. The molecule has 0 heterocycles. The molecule has 0 unspecified atom stereocenters. The van der Waals surface area contributed by atoms with Crippen molar-refractivity contribution in [1.29, 1.82) is 0 Å². The maximum Gasteiger partial charge on any atom is 0.397 e. The molecule has 0 spiro atoms. The Kier molecular flexibility index (Phi) is 24.5. The molecule has 0 aliphatic heterocycles. The van der Waals surface area contributed by atoms with Crippen molar-refractivity contribution >= 4 is 34.3 Å². The van der Waals surface area contributed by atoms with Crippen LogP contribution in [0.25, 0.3) is 0 Å². The van der Waals surface area contributed by atoms with E-state index in [1.165, 1.54) is 38.5 Å². The van der Waals surface area contributed by atoms with E-state index in [9.17, 15) is 16.8 Å². The van der Waals surface area contributed by atoms with E-state index < -0.39 is 20.8 Å². The minimum Gasteiger partial charge on any atom is -0.264 e. The van der Waals surface area contributed by atoms with Gasteiger partial charge in [0.05, 0.1) is 13.2 Å². The average molecular weight is 455 g/mol. The first-order valence-corrected chi connectivity index (χ1v) is 12.1. The van der Waals surface area contributed by atoms with Crippen LogP contribution in [0.5, 0.6) is 0 Å². The topological polar surface area (TPSA) is 127 Å². The summed E-state index contributed by atoms with van der Waals surface area (Å²) in [6.45, 7) is 4.46. The SMILES string of the molecule is CCCCCCCCOS(=O)(=O)O.CCCCCCCCOS(=O)(=O)O.S. The van der Waals surface area contributed by atoms with Crippen molar-refractivity contribution < 1.29 is 34.3 Å². The maximum atomic E-state index is 10.1. The average Bonchev–Trinajstić information content (AvgIpc) is 2.52. The third-order valence-electron chi connectivity index (χ3n) is 3.46. The van der Waals surface area contributed by atoms with Gasteiger partial charge in [0.25, 0.3) is 0 Å². The molecule has 0 saturated heterocycles. The highest BCUT2D eigenvalue weighted by Gasteiger charge is 2.03. The molecule has 8 nitrogen and oxygen atoms in total. The first kappa shape index (κ1) is 31.8. The molecular weight excluding hydrogens is 416 g/mol. The zero-order valence-electron chi connectivity index (χ0n) is 16.6. The van der Waals surface area contributed by atoms with Gasteiger partial charge in [-0.3, -0.25) is 9.11 Å². The molecule has 11 heteroatoms. The van der Waals surface area contributed by atoms with Gasteiger partial charge >= 0.3 is 20.8 Å². The van der Waals surface area contributed by atoms with Crippen molar-refractivity contribution in [2.45, 2.75) is 90.9 Å². The Morgan fingerprint density at radius 3 is 1.07 bits per heavy atom. The second kappa shape index (κ2) is 20.8. The Bertz CT molecular complexity index is 446. The number of hydrogen-bond donors (Lipinski definition) is 2. The van der Waals surface area contributed by atoms with Crippen LogP contribution in [0.2, 0.25) is 0 Å². The van der Waals surface area contributed by atoms with Crippen LogP contribution in [0.1, 0.15) is 90.9 Å². The van der Waals surface area contributed by atoms with Gasteiger partial charge in [-0.25, -0.2) is 8.37 Å². The Morgan fingerprint density at radius 1 is 0.556 bits per heavy atom. The fourth-order valence-electron chi connectivity index (χ4n) is 2.09. The first-order valence-electron chi connectivity index (χ1n) is 9.36. The highest BCUT2D eigenvalue weighted by Crippen LogP contribution is 2.06. The quantitative estimate of drug-likeness (QED) is 0.259. The van der Waals surface area contributed by atoms with E-state index in [0.717, 1.165) is 25.7 Å². The van der Waals surface area contributed by atoms with Gasteiger partial charge in [-0.2, -0.15) is 30.3 Å². The number of unbranched alkanes of at least 4 members (excludes halogenated alkanes) is 10. The molecule has 0 rings (SSSR count). The molecule has 0 amide bonds. The maximum absolute atomic E-state index is 10.1. The molecule has 0 aliphatic carbocycles. The summed E-state index contributed by atoms with van der Waals surface area (Å²) >= 11 is 0. The van der Waals surface area contributed by atoms with Crippen LogP contribution in [-0.4, -0.2) is 39.2 Å². The van der Waals surface area contributed by atoms with Gasteiger partial charge in [-0.15, -0.1) is 0 Å². The highest BCUT2D eigenvalue weighted by molar-refractivity contribution is 7.81. The summed E-state index contributed by atoms with van der Waals surface area (Å²) in [7, 11) is -8.44. The van der Waals surface area contributed by atoms with Gasteiger partial charge in [0.15, 0.2) is 0 Å². The summed E-state index contributed by atoms with van der Waals surface area (Å²) in [5.41, 5.74) is 0. The van der Waals surface area contributed by atoms with E-state index in [-0.39, 0.29) is 26.7 Å². The zero-order chi connectivity index (χ0) is 20.3. The zero-order valence-corrected chi connectivity index (χ0v) is 19.2. The Balaban J connectivity index is -0.000000411. The van der Waals surface area contributed by atoms with Crippen LogP contribution in [-0.2, 0) is 29.2 Å². The lowest BCUT2D eigenvalue weighted by Crippen LogP contribution is -2.04. The predicted octanol–water partition coefficient (Wildman–Crippen LogP) is 4.45. The molecular formula is C16H38O8S3. The molecule has 0 saturated carbocycles. The van der Waals surface area contributed by atoms with Gasteiger partial charge < -0.3 is 0 Å². The molecule has 0 aromatic heterocycles. The molecule has 0 atom stereocenters. The van der Waals surface area contributed by atoms with Gasteiger partial charge in [-0.1, -0.05) is 78.1 Å². The van der Waals surface area contributed by atoms with E-state index in [4.69, 9.17) is 9.11 Å². The monoisotopic (exact) mass is 454 g/mol. The lowest BCUT2D eigenvalue weighted by Gasteiger charge is -2.00. The van der Waals surface area contributed by atoms with E-state index >= 15 is 0 Å². The lowest BCUT2D eigenvalue weighted by atomic mass is 10.1. The van der Waals surface area contributed by atoms with E-state index in [1.54, 1.807) is 0 Å². The Morgan fingerprint density at radius 2 is 0.815 bits per heavy atom. The van der Waals surface area contributed by atoms with Crippen molar-refractivity contribution in [3.8, 4) is 0 Å². The summed E-state index contributed by atoms with van der Waals surface area (Å²) in [5.74, 6) is 0. The summed E-state index contributed by atoms with van der Waals surface area (Å²) < 4.78 is 65.1. The van der Waals surface area contributed by atoms with Crippen molar-refractivity contribution in [2.24, 2.45) is 0 Å². The summed E-state index contributed by atoms with van der Waals surface area (Å²) in [6.07, 6.45) is 12.7. The molecule has 0 aliphatic rings. The predicted molar refractivity (Wildman–Crippen MR) is 112 cm³/mol. The van der Waals surface area contributed by atoms with Crippen LogP contribution >= 0.6 is 13.5 Å². The van der Waals surface area contributed by atoms with Gasteiger partial charge in [0.1, 0.15) is 0 Å². The molecule has 168 valence electrons. The van der Waals surface area contributed by atoms with Crippen LogP contribution in [0.15, 0.2) is 0 Å². The van der Waals surface area contributed by atoms with Gasteiger partial charge in [-0.05, 0) is 12.8 Å². The Labute approximate surface area is 172 Å². The van der Waals surface area contributed by atoms with Crippen molar-refractivity contribution in [3.05, 3.63) is 0 Å². The molecule has 0 aromatic carbocycles. The van der Waals surface area contributed by atoms with Crippen LogP contribution in [0.3, 0.4) is 0 Å². The highest BCUT2D eigenvalue weighted by atomic mass is 32.3. The van der Waals surface area contributed by atoms with Crippen LogP contribution in [0.4, 0.5) is 0 Å². The third kappa shape index (κ3) is 37.5. The molecule has 0 radical (unpaired) electrons. The lowest BCUT2D eigenvalue weighted by molar-refractivity contribution is 0.260. The largest absolute Gasteiger partial charge is 0.397 e. The van der Waals surface area contributed by atoms with Crippen molar-refractivity contribution in [3.63, 3.8) is 0 Å². The summed E-state index contributed by atoms with van der Waals surface area (Å²) in [5, 5.41) is 0. The minimum absolute atomic E-state index is 0. The molecule has 0 bridgehead atoms. The normalized spacial score (nSPS) is 11.4. The summed E-state index contributed by atoms with van der Waals surface area (Å²) in [6, 6.07) is 0. The second-order valence-corrected chi connectivity index (χ2v) is 8.22. The molecule has 0 fully saturated rings. The van der Waals surface area contributed by atoms with Crippen molar-refractivity contribution in [2.75, 3.05) is 13.2 Å². The standard InChI is InChI=1S/2C8H18O4S.H2S/c2*1-2-3-4-5-6-7-8-12-13(9,10)11;/h2*2-8H2,1H3,(H,9,10,11);1H2. The van der Waals surface area contributed by atoms with Crippen LogP contribution in [0, 0.1) is 0 Å². The number of rotatable bonds is 16. The number of hydrogen-bond acceptors (Lipinski definition) is 6. The molecule has 0 aromatic rings. The van der Waals surface area contributed by atoms with Crippen molar-refractivity contribution in [1.82, 2.24) is 0 Å².